The Kier molecular flexibility index (Phi) is 3.01. The van der Waals surface area contributed by atoms with Crippen molar-refractivity contribution in [1.29, 1.82) is 0 Å². The van der Waals surface area contributed by atoms with Crippen molar-refractivity contribution in [1.82, 2.24) is 4.31 Å². The molecule has 1 saturated heterocycles. The first-order chi connectivity index (χ1) is 6.27. The Morgan fingerprint density at radius 3 is 2.31 bits per heavy atom. The molecule has 0 spiro atoms. The van der Waals surface area contributed by atoms with E-state index in [0.29, 0.717) is 18.3 Å². The lowest BCUT2D eigenvalue weighted by Crippen LogP contribution is -2.53. The van der Waals surface area contributed by atoms with E-state index in [2.05, 4.69) is 0 Å². The number of hydrogen-bond donors (Lipinski definition) is 1. The summed E-state index contributed by atoms with van der Waals surface area (Å²) in [5.74, 6) is 0. The van der Waals surface area contributed by atoms with Gasteiger partial charge < -0.3 is 5.11 Å². The van der Waals surface area contributed by atoms with Gasteiger partial charge in [0.25, 0.3) is 0 Å². The van der Waals surface area contributed by atoms with Crippen LogP contribution >= 0.6 is 0 Å². The standard InChI is InChI=1S/C9H17NO2S/c11-8-6-10(7-8)13(12)9-4-2-1-3-5-9/h8-9,11H,1-7H2. The normalized spacial score (nSPS) is 29.9. The molecule has 1 heterocycles. The van der Waals surface area contributed by atoms with Gasteiger partial charge in [0.05, 0.1) is 17.1 Å². The number of rotatable bonds is 2. The van der Waals surface area contributed by atoms with E-state index in [9.17, 15) is 4.21 Å². The fourth-order valence-corrected chi connectivity index (χ4v) is 3.84. The molecule has 2 aliphatic rings. The summed E-state index contributed by atoms with van der Waals surface area (Å²) in [6, 6.07) is 0. The molecule has 3 nitrogen and oxygen atoms in total. The third-order valence-electron chi connectivity index (χ3n) is 2.92. The summed E-state index contributed by atoms with van der Waals surface area (Å²) in [6.45, 7) is 1.23. The summed E-state index contributed by atoms with van der Waals surface area (Å²) in [6.07, 6.45) is 5.75. The molecule has 13 heavy (non-hydrogen) atoms. The topological polar surface area (TPSA) is 40.5 Å². The van der Waals surface area contributed by atoms with Crippen LogP contribution in [-0.2, 0) is 11.0 Å². The minimum absolute atomic E-state index is 0.229. The monoisotopic (exact) mass is 203 g/mol. The SMILES string of the molecule is O=S(C1CCCCC1)N1CC(O)C1. The van der Waals surface area contributed by atoms with Gasteiger partial charge in [-0.3, -0.25) is 0 Å². The minimum atomic E-state index is -0.812. The van der Waals surface area contributed by atoms with E-state index < -0.39 is 11.0 Å². The second-order valence-electron chi connectivity index (χ2n) is 4.04. The highest BCUT2D eigenvalue weighted by Crippen LogP contribution is 2.25. The van der Waals surface area contributed by atoms with Crippen LogP contribution < -0.4 is 0 Å². The summed E-state index contributed by atoms with van der Waals surface area (Å²) in [7, 11) is -0.812. The molecular weight excluding hydrogens is 186 g/mol. The molecule has 0 amide bonds. The summed E-state index contributed by atoms with van der Waals surface area (Å²) in [5, 5.41) is 9.47. The minimum Gasteiger partial charge on any atom is -0.390 e. The average molecular weight is 203 g/mol. The van der Waals surface area contributed by atoms with Crippen LogP contribution in [0.4, 0.5) is 0 Å². The average Bonchev–Trinajstić information content (AvgIpc) is 2.13. The molecule has 1 unspecified atom stereocenters. The van der Waals surface area contributed by atoms with Crippen molar-refractivity contribution in [3.63, 3.8) is 0 Å². The van der Waals surface area contributed by atoms with Gasteiger partial charge in [0, 0.05) is 18.3 Å². The highest BCUT2D eigenvalue weighted by molar-refractivity contribution is 7.83. The fourth-order valence-electron chi connectivity index (χ4n) is 2.04. The predicted molar refractivity (Wildman–Crippen MR) is 52.6 cm³/mol. The first-order valence-corrected chi connectivity index (χ1v) is 6.28. The van der Waals surface area contributed by atoms with Crippen molar-refractivity contribution in [3.05, 3.63) is 0 Å². The van der Waals surface area contributed by atoms with E-state index in [-0.39, 0.29) is 6.10 Å². The Morgan fingerprint density at radius 2 is 1.77 bits per heavy atom. The maximum Gasteiger partial charge on any atom is 0.0976 e. The Hall–Kier alpha value is 0.0700. The Morgan fingerprint density at radius 1 is 1.15 bits per heavy atom. The van der Waals surface area contributed by atoms with Crippen molar-refractivity contribution in [2.24, 2.45) is 0 Å². The molecule has 76 valence electrons. The van der Waals surface area contributed by atoms with Crippen molar-refractivity contribution in [2.45, 2.75) is 43.5 Å². The van der Waals surface area contributed by atoms with Crippen LogP contribution in [0.2, 0.25) is 0 Å². The van der Waals surface area contributed by atoms with Gasteiger partial charge in [-0.2, -0.15) is 0 Å². The van der Waals surface area contributed by atoms with Crippen molar-refractivity contribution in [2.75, 3.05) is 13.1 Å². The molecule has 2 rings (SSSR count). The fraction of sp³-hybridized carbons (Fsp3) is 1.00. The van der Waals surface area contributed by atoms with E-state index in [1.54, 1.807) is 0 Å². The lowest BCUT2D eigenvalue weighted by atomic mass is 10.0. The second-order valence-corrected chi connectivity index (χ2v) is 5.77. The summed E-state index contributed by atoms with van der Waals surface area (Å²) >= 11 is 0. The van der Waals surface area contributed by atoms with E-state index in [1.807, 2.05) is 4.31 Å². The van der Waals surface area contributed by atoms with E-state index in [0.717, 1.165) is 12.8 Å². The molecule has 1 atom stereocenters. The van der Waals surface area contributed by atoms with Crippen LogP contribution in [0.25, 0.3) is 0 Å². The van der Waals surface area contributed by atoms with E-state index >= 15 is 0 Å². The third kappa shape index (κ3) is 2.11. The second kappa shape index (κ2) is 4.07. The van der Waals surface area contributed by atoms with Gasteiger partial charge in [-0.05, 0) is 12.8 Å². The molecule has 1 N–H and O–H groups in total. The van der Waals surface area contributed by atoms with Crippen molar-refractivity contribution < 1.29 is 9.32 Å². The van der Waals surface area contributed by atoms with Crippen LogP contribution in [0.3, 0.4) is 0 Å². The van der Waals surface area contributed by atoms with Gasteiger partial charge >= 0.3 is 0 Å². The number of aliphatic hydroxyl groups excluding tert-OH is 1. The lowest BCUT2D eigenvalue weighted by Gasteiger charge is -2.37. The number of hydrogen-bond acceptors (Lipinski definition) is 2. The van der Waals surface area contributed by atoms with Crippen LogP contribution in [-0.4, -0.2) is 38.1 Å². The highest BCUT2D eigenvalue weighted by Gasteiger charge is 2.33. The Labute approximate surface area is 81.7 Å². The molecule has 0 aromatic carbocycles. The molecule has 1 aliphatic heterocycles. The maximum absolute atomic E-state index is 11.9. The zero-order valence-corrected chi connectivity index (χ0v) is 8.63. The van der Waals surface area contributed by atoms with Crippen LogP contribution in [0.5, 0.6) is 0 Å². The number of β-amino-alcohol motifs (C(OH)–C–C–N with tert-alkyl or cyclic N) is 1. The molecule has 2 fully saturated rings. The maximum atomic E-state index is 11.9. The summed E-state index contributed by atoms with van der Waals surface area (Å²) in [4.78, 5) is 0. The van der Waals surface area contributed by atoms with Crippen molar-refractivity contribution in [3.8, 4) is 0 Å². The number of nitrogens with zero attached hydrogens (tertiary/aromatic N) is 1. The highest BCUT2D eigenvalue weighted by atomic mass is 32.2. The quantitative estimate of drug-likeness (QED) is 0.716. The predicted octanol–water partition coefficient (Wildman–Crippen LogP) is 0.659. The third-order valence-corrected chi connectivity index (χ3v) is 4.77. The lowest BCUT2D eigenvalue weighted by molar-refractivity contribution is 0.0574. The molecule has 1 saturated carbocycles. The van der Waals surface area contributed by atoms with E-state index in [4.69, 9.17) is 5.11 Å². The van der Waals surface area contributed by atoms with Gasteiger partial charge in [0.15, 0.2) is 0 Å². The van der Waals surface area contributed by atoms with Crippen LogP contribution in [0.1, 0.15) is 32.1 Å². The van der Waals surface area contributed by atoms with Gasteiger partial charge in [-0.1, -0.05) is 19.3 Å². The largest absolute Gasteiger partial charge is 0.390 e. The Balaban J connectivity index is 1.82. The van der Waals surface area contributed by atoms with Crippen LogP contribution in [0.15, 0.2) is 0 Å². The molecule has 4 heteroatoms. The zero-order valence-electron chi connectivity index (χ0n) is 7.82. The molecule has 0 bridgehead atoms. The summed E-state index contributed by atoms with van der Waals surface area (Å²) < 4.78 is 13.8. The number of aliphatic hydroxyl groups is 1. The van der Waals surface area contributed by atoms with Crippen LogP contribution in [0, 0.1) is 0 Å². The summed E-state index contributed by atoms with van der Waals surface area (Å²) in [5.41, 5.74) is 0. The molecule has 0 aromatic heterocycles. The molecule has 1 aliphatic carbocycles. The molecule has 0 aromatic rings. The molecular formula is C9H17NO2S. The Bertz CT molecular complexity index is 198. The van der Waals surface area contributed by atoms with E-state index in [1.165, 1.54) is 19.3 Å². The van der Waals surface area contributed by atoms with Gasteiger partial charge in [-0.25, -0.2) is 8.51 Å². The van der Waals surface area contributed by atoms with Gasteiger partial charge in [0.1, 0.15) is 0 Å². The van der Waals surface area contributed by atoms with Gasteiger partial charge in [-0.15, -0.1) is 0 Å². The first-order valence-electron chi connectivity index (χ1n) is 5.11. The first kappa shape index (κ1) is 9.62. The zero-order chi connectivity index (χ0) is 9.26. The molecule has 0 radical (unpaired) electrons. The van der Waals surface area contributed by atoms with Gasteiger partial charge in [0.2, 0.25) is 0 Å². The smallest absolute Gasteiger partial charge is 0.0976 e. The van der Waals surface area contributed by atoms with Crippen molar-refractivity contribution >= 4 is 11.0 Å².